The molecule has 1 N–H and O–H groups in total. The minimum Gasteiger partial charge on any atom is -0.466 e. The van der Waals surface area contributed by atoms with Gasteiger partial charge in [-0.3, -0.25) is 0 Å². The number of dihydropyridines is 1. The summed E-state index contributed by atoms with van der Waals surface area (Å²) in [5, 5.41) is 2.88. The van der Waals surface area contributed by atoms with Gasteiger partial charge in [-0.2, -0.15) is 0 Å². The number of carbonyl (C=O) groups is 2. The van der Waals surface area contributed by atoms with Crippen LogP contribution in [0.2, 0.25) is 0 Å². The Labute approximate surface area is 100 Å². The smallest absolute Gasteiger partial charge is 0.336 e. The van der Waals surface area contributed by atoms with Crippen LogP contribution >= 0.6 is 0 Å². The highest BCUT2D eigenvalue weighted by Gasteiger charge is 2.30. The third-order valence-electron chi connectivity index (χ3n) is 2.66. The van der Waals surface area contributed by atoms with Crippen molar-refractivity contribution in [2.75, 3.05) is 13.7 Å². The van der Waals surface area contributed by atoms with Crippen LogP contribution in [0.25, 0.3) is 0 Å². The minimum atomic E-state index is -0.445. The van der Waals surface area contributed by atoms with Gasteiger partial charge < -0.3 is 14.8 Å². The third kappa shape index (κ3) is 2.67. The van der Waals surface area contributed by atoms with E-state index < -0.39 is 11.9 Å². The minimum absolute atomic E-state index is 0.305. The largest absolute Gasteiger partial charge is 0.466 e. The molecular formula is C12H17NO4. The molecule has 0 unspecified atom stereocenters. The lowest BCUT2D eigenvalue weighted by Gasteiger charge is -2.23. The first-order valence-corrected chi connectivity index (χ1v) is 5.45. The zero-order valence-electron chi connectivity index (χ0n) is 10.5. The van der Waals surface area contributed by atoms with Gasteiger partial charge in [0.05, 0.1) is 24.9 Å². The summed E-state index contributed by atoms with van der Waals surface area (Å²) in [7, 11) is 1.31. The molecule has 0 saturated carbocycles. The van der Waals surface area contributed by atoms with Crippen LogP contribution in [0, 0.1) is 5.92 Å². The maximum atomic E-state index is 11.8. The first kappa shape index (κ1) is 13.3. The first-order chi connectivity index (χ1) is 8.02. The molecule has 0 radical (unpaired) electrons. The number of nitrogens with one attached hydrogen (secondary N) is 1. The summed E-state index contributed by atoms with van der Waals surface area (Å²) < 4.78 is 9.63. The van der Waals surface area contributed by atoms with Crippen LogP contribution in [0.15, 0.2) is 23.0 Å². The van der Waals surface area contributed by atoms with E-state index in [1.807, 2.05) is 0 Å². The zero-order chi connectivity index (χ0) is 13.0. The van der Waals surface area contributed by atoms with Crippen molar-refractivity contribution in [3.05, 3.63) is 23.0 Å². The molecule has 0 aromatic carbocycles. The molecule has 1 aliphatic rings. The van der Waals surface area contributed by atoms with Crippen LogP contribution in [0.1, 0.15) is 20.8 Å². The van der Waals surface area contributed by atoms with E-state index in [1.54, 1.807) is 27.0 Å². The summed E-state index contributed by atoms with van der Waals surface area (Å²) >= 11 is 0. The van der Waals surface area contributed by atoms with Crippen molar-refractivity contribution in [1.82, 2.24) is 5.32 Å². The van der Waals surface area contributed by atoms with E-state index >= 15 is 0 Å². The molecule has 0 bridgehead atoms. The summed E-state index contributed by atoms with van der Waals surface area (Å²) in [6.07, 6.45) is 1.56. The monoisotopic (exact) mass is 239 g/mol. The molecule has 94 valence electrons. The topological polar surface area (TPSA) is 64.6 Å². The van der Waals surface area contributed by atoms with E-state index in [9.17, 15) is 9.59 Å². The highest BCUT2D eigenvalue weighted by atomic mass is 16.5. The van der Waals surface area contributed by atoms with Gasteiger partial charge >= 0.3 is 11.9 Å². The molecular weight excluding hydrogens is 222 g/mol. The number of hydrogen-bond donors (Lipinski definition) is 1. The third-order valence-corrected chi connectivity index (χ3v) is 2.66. The second-order valence-electron chi connectivity index (χ2n) is 3.72. The fraction of sp³-hybridized carbons (Fsp3) is 0.500. The van der Waals surface area contributed by atoms with E-state index in [-0.39, 0.29) is 5.92 Å². The lowest BCUT2D eigenvalue weighted by Crippen LogP contribution is -2.29. The van der Waals surface area contributed by atoms with Gasteiger partial charge in [0.1, 0.15) is 0 Å². The molecule has 1 atom stereocenters. The maximum absolute atomic E-state index is 11.8. The van der Waals surface area contributed by atoms with Crippen LogP contribution in [-0.4, -0.2) is 25.7 Å². The molecule has 1 heterocycles. The Morgan fingerprint density at radius 3 is 2.59 bits per heavy atom. The summed E-state index contributed by atoms with van der Waals surface area (Å²) in [6, 6.07) is 0. The molecule has 0 saturated heterocycles. The van der Waals surface area contributed by atoms with Gasteiger partial charge in [-0.1, -0.05) is 6.92 Å². The Kier molecular flexibility index (Phi) is 4.31. The summed E-state index contributed by atoms with van der Waals surface area (Å²) in [4.78, 5) is 23.3. The molecule has 1 rings (SSSR count). The normalized spacial score (nSPS) is 19.3. The van der Waals surface area contributed by atoms with E-state index in [0.717, 1.165) is 0 Å². The molecule has 0 spiro atoms. The van der Waals surface area contributed by atoms with Crippen LogP contribution in [0.4, 0.5) is 0 Å². The van der Waals surface area contributed by atoms with Crippen molar-refractivity contribution in [3.63, 3.8) is 0 Å². The zero-order valence-corrected chi connectivity index (χ0v) is 10.5. The van der Waals surface area contributed by atoms with Crippen molar-refractivity contribution in [1.29, 1.82) is 0 Å². The first-order valence-electron chi connectivity index (χ1n) is 5.45. The van der Waals surface area contributed by atoms with Crippen LogP contribution in [-0.2, 0) is 19.1 Å². The average molecular weight is 239 g/mol. The van der Waals surface area contributed by atoms with Gasteiger partial charge in [0.15, 0.2) is 0 Å². The number of allylic oxidation sites excluding steroid dienone is 1. The Hall–Kier alpha value is -1.78. The number of ether oxygens (including phenoxy) is 2. The van der Waals surface area contributed by atoms with Gasteiger partial charge in [-0.25, -0.2) is 9.59 Å². The predicted molar refractivity (Wildman–Crippen MR) is 61.7 cm³/mol. The Morgan fingerprint density at radius 2 is 2.06 bits per heavy atom. The summed E-state index contributed by atoms with van der Waals surface area (Å²) in [5.74, 6) is -1.18. The van der Waals surface area contributed by atoms with E-state index in [0.29, 0.717) is 23.5 Å². The molecule has 0 aromatic heterocycles. The van der Waals surface area contributed by atoms with Crippen molar-refractivity contribution >= 4 is 11.9 Å². The van der Waals surface area contributed by atoms with Crippen molar-refractivity contribution in [2.45, 2.75) is 20.8 Å². The van der Waals surface area contributed by atoms with Crippen LogP contribution in [0.5, 0.6) is 0 Å². The highest BCUT2D eigenvalue weighted by Crippen LogP contribution is 2.27. The second kappa shape index (κ2) is 5.52. The molecule has 0 aliphatic carbocycles. The number of rotatable bonds is 3. The Balaban J connectivity index is 2.98. The number of esters is 2. The molecule has 0 fully saturated rings. The van der Waals surface area contributed by atoms with Crippen LogP contribution in [0.3, 0.4) is 0 Å². The molecule has 5 nitrogen and oxygen atoms in total. The van der Waals surface area contributed by atoms with Crippen molar-refractivity contribution < 1.29 is 19.1 Å². The molecule has 5 heteroatoms. The lowest BCUT2D eigenvalue weighted by atomic mass is 9.89. The summed E-state index contributed by atoms with van der Waals surface area (Å²) in [5.41, 5.74) is 1.58. The Bertz CT molecular complexity index is 395. The highest BCUT2D eigenvalue weighted by molar-refractivity contribution is 5.96. The fourth-order valence-corrected chi connectivity index (χ4v) is 1.76. The van der Waals surface area contributed by atoms with Crippen molar-refractivity contribution in [3.8, 4) is 0 Å². The van der Waals surface area contributed by atoms with Crippen molar-refractivity contribution in [2.24, 2.45) is 5.92 Å². The Morgan fingerprint density at radius 1 is 1.41 bits per heavy atom. The lowest BCUT2D eigenvalue weighted by molar-refractivity contribution is -0.139. The van der Waals surface area contributed by atoms with Gasteiger partial charge in [0, 0.05) is 17.8 Å². The van der Waals surface area contributed by atoms with Gasteiger partial charge in [0.2, 0.25) is 0 Å². The number of carbonyl (C=O) groups excluding carboxylic acids is 2. The molecule has 17 heavy (non-hydrogen) atoms. The van der Waals surface area contributed by atoms with Crippen LogP contribution < -0.4 is 5.32 Å². The maximum Gasteiger partial charge on any atom is 0.336 e. The quantitative estimate of drug-likeness (QED) is 0.748. The second-order valence-corrected chi connectivity index (χ2v) is 3.72. The molecule has 1 aliphatic heterocycles. The standard InChI is InChI=1S/C12H17NO4/c1-5-17-12(15)10-7(2)9(11(14)16-4)6-13-8(10)3/h6-7,13H,5H2,1-4H3/t7-/m1/s1. The SMILES string of the molecule is CCOC(=O)C1=C(C)NC=C(C(=O)OC)[C@H]1C. The average Bonchev–Trinajstić information content (AvgIpc) is 2.28. The van der Waals surface area contributed by atoms with Gasteiger partial charge in [-0.05, 0) is 13.8 Å². The van der Waals surface area contributed by atoms with E-state index in [4.69, 9.17) is 4.74 Å². The number of hydrogen-bond acceptors (Lipinski definition) is 5. The summed E-state index contributed by atoms with van der Waals surface area (Å²) in [6.45, 7) is 5.60. The fourth-order valence-electron chi connectivity index (χ4n) is 1.76. The van der Waals surface area contributed by atoms with Gasteiger partial charge in [-0.15, -0.1) is 0 Å². The number of methoxy groups -OCH3 is 1. The molecule has 0 aromatic rings. The molecule has 0 amide bonds. The van der Waals surface area contributed by atoms with Gasteiger partial charge in [0.25, 0.3) is 0 Å². The van der Waals surface area contributed by atoms with E-state index in [1.165, 1.54) is 7.11 Å². The predicted octanol–water partition coefficient (Wildman–Crippen LogP) is 1.12. The van der Waals surface area contributed by atoms with E-state index in [2.05, 4.69) is 10.1 Å².